The first kappa shape index (κ1) is 17.9. The molecular formula is C25H29NO2. The van der Waals surface area contributed by atoms with E-state index >= 15 is 0 Å². The third-order valence-corrected chi connectivity index (χ3v) is 7.52. The SMILES string of the molecule is O=C(O)[C@@H]1CCCN(C2CC[C@]3(Cc4ccccc4Cc4ccccc43)C2)C1. The van der Waals surface area contributed by atoms with Crippen molar-refractivity contribution in [2.24, 2.45) is 5.92 Å². The Kier molecular flexibility index (Phi) is 4.51. The minimum absolute atomic E-state index is 0.188. The van der Waals surface area contributed by atoms with Gasteiger partial charge in [-0.1, -0.05) is 48.5 Å². The quantitative estimate of drug-likeness (QED) is 0.845. The van der Waals surface area contributed by atoms with Crippen molar-refractivity contribution < 1.29 is 9.90 Å². The Morgan fingerprint density at radius 3 is 2.57 bits per heavy atom. The second kappa shape index (κ2) is 7.04. The Labute approximate surface area is 167 Å². The molecule has 2 aromatic carbocycles. The van der Waals surface area contributed by atoms with Crippen LogP contribution < -0.4 is 0 Å². The van der Waals surface area contributed by atoms with Gasteiger partial charge in [-0.2, -0.15) is 0 Å². The number of benzene rings is 2. The van der Waals surface area contributed by atoms with Crippen LogP contribution in [0, 0.1) is 5.92 Å². The molecule has 2 fully saturated rings. The molecule has 1 saturated heterocycles. The predicted octanol–water partition coefficient (Wildman–Crippen LogP) is 4.42. The van der Waals surface area contributed by atoms with E-state index in [0.717, 1.165) is 45.2 Å². The van der Waals surface area contributed by atoms with Crippen LogP contribution in [0.5, 0.6) is 0 Å². The van der Waals surface area contributed by atoms with E-state index in [4.69, 9.17) is 0 Å². The number of carboxylic acid groups (broad SMARTS) is 1. The average molecular weight is 376 g/mol. The van der Waals surface area contributed by atoms with Gasteiger partial charge in [-0.3, -0.25) is 9.69 Å². The van der Waals surface area contributed by atoms with Crippen molar-refractivity contribution in [1.29, 1.82) is 0 Å². The molecule has 1 aliphatic heterocycles. The van der Waals surface area contributed by atoms with Crippen LogP contribution in [-0.4, -0.2) is 35.1 Å². The number of likely N-dealkylation sites (tertiary alicyclic amines) is 1. The third kappa shape index (κ3) is 3.06. The molecule has 1 unspecified atom stereocenters. The second-order valence-electron chi connectivity index (χ2n) is 9.13. The highest BCUT2D eigenvalue weighted by Crippen LogP contribution is 2.49. The molecule has 2 aliphatic carbocycles. The number of nitrogens with zero attached hydrogens (tertiary/aromatic N) is 1. The van der Waals surface area contributed by atoms with E-state index in [1.165, 1.54) is 29.5 Å². The van der Waals surface area contributed by atoms with Gasteiger partial charge < -0.3 is 5.11 Å². The minimum Gasteiger partial charge on any atom is -0.481 e. The van der Waals surface area contributed by atoms with Gasteiger partial charge in [0.25, 0.3) is 0 Å². The van der Waals surface area contributed by atoms with Crippen LogP contribution >= 0.6 is 0 Å². The van der Waals surface area contributed by atoms with Crippen LogP contribution in [0.15, 0.2) is 48.5 Å². The van der Waals surface area contributed by atoms with Gasteiger partial charge in [0.05, 0.1) is 5.92 Å². The smallest absolute Gasteiger partial charge is 0.307 e. The van der Waals surface area contributed by atoms with Crippen LogP contribution in [0.3, 0.4) is 0 Å². The average Bonchev–Trinajstić information content (AvgIpc) is 3.09. The zero-order chi connectivity index (χ0) is 19.1. The molecule has 146 valence electrons. The normalized spacial score (nSPS) is 29.9. The fourth-order valence-electron chi connectivity index (χ4n) is 6.11. The molecule has 3 aliphatic rings. The summed E-state index contributed by atoms with van der Waals surface area (Å²) in [6.07, 6.45) is 7.54. The van der Waals surface area contributed by atoms with Crippen LogP contribution in [0.4, 0.5) is 0 Å². The molecule has 1 spiro atoms. The lowest BCUT2D eigenvalue weighted by atomic mass is 9.73. The summed E-state index contributed by atoms with van der Waals surface area (Å²) in [5, 5.41) is 9.49. The molecule has 2 aromatic rings. The van der Waals surface area contributed by atoms with Crippen molar-refractivity contribution in [2.45, 2.75) is 56.4 Å². The van der Waals surface area contributed by atoms with Crippen LogP contribution in [-0.2, 0) is 23.1 Å². The molecule has 1 N–H and O–H groups in total. The molecular weight excluding hydrogens is 346 g/mol. The summed E-state index contributed by atoms with van der Waals surface area (Å²) in [7, 11) is 0. The van der Waals surface area contributed by atoms with E-state index in [2.05, 4.69) is 53.4 Å². The Balaban J connectivity index is 1.47. The number of aliphatic carboxylic acids is 1. The van der Waals surface area contributed by atoms with E-state index < -0.39 is 5.97 Å². The van der Waals surface area contributed by atoms with E-state index in [9.17, 15) is 9.90 Å². The van der Waals surface area contributed by atoms with Gasteiger partial charge in [0.2, 0.25) is 0 Å². The zero-order valence-electron chi connectivity index (χ0n) is 16.4. The highest BCUT2D eigenvalue weighted by molar-refractivity contribution is 5.70. The molecule has 3 atom stereocenters. The number of hydrogen-bond acceptors (Lipinski definition) is 2. The summed E-state index contributed by atoms with van der Waals surface area (Å²) in [4.78, 5) is 14.0. The Morgan fingerprint density at radius 2 is 1.75 bits per heavy atom. The highest BCUT2D eigenvalue weighted by atomic mass is 16.4. The molecule has 0 aromatic heterocycles. The highest BCUT2D eigenvalue weighted by Gasteiger charge is 2.45. The molecule has 0 amide bonds. The summed E-state index contributed by atoms with van der Waals surface area (Å²) in [5.41, 5.74) is 6.19. The van der Waals surface area contributed by atoms with Gasteiger partial charge in [0.1, 0.15) is 0 Å². The zero-order valence-corrected chi connectivity index (χ0v) is 16.4. The third-order valence-electron chi connectivity index (χ3n) is 7.52. The first-order valence-electron chi connectivity index (χ1n) is 10.8. The summed E-state index contributed by atoms with van der Waals surface area (Å²) in [5.74, 6) is -0.807. The number of rotatable bonds is 2. The maximum absolute atomic E-state index is 11.5. The van der Waals surface area contributed by atoms with Gasteiger partial charge in [0, 0.05) is 18.0 Å². The van der Waals surface area contributed by atoms with E-state index in [-0.39, 0.29) is 11.3 Å². The number of carbonyl (C=O) groups is 1. The molecule has 5 rings (SSSR count). The van der Waals surface area contributed by atoms with Gasteiger partial charge in [0.15, 0.2) is 0 Å². The van der Waals surface area contributed by atoms with Crippen molar-refractivity contribution in [3.05, 3.63) is 70.8 Å². The van der Waals surface area contributed by atoms with Crippen molar-refractivity contribution in [2.75, 3.05) is 13.1 Å². The van der Waals surface area contributed by atoms with Crippen LogP contribution in [0.1, 0.15) is 54.4 Å². The van der Waals surface area contributed by atoms with Gasteiger partial charge in [-0.25, -0.2) is 0 Å². The monoisotopic (exact) mass is 375 g/mol. The lowest BCUT2D eigenvalue weighted by molar-refractivity contribution is -0.143. The molecule has 0 bridgehead atoms. The molecule has 28 heavy (non-hydrogen) atoms. The Morgan fingerprint density at radius 1 is 1.00 bits per heavy atom. The van der Waals surface area contributed by atoms with E-state index in [0.29, 0.717) is 6.04 Å². The van der Waals surface area contributed by atoms with Crippen LogP contribution in [0.2, 0.25) is 0 Å². The summed E-state index contributed by atoms with van der Waals surface area (Å²) < 4.78 is 0. The summed E-state index contributed by atoms with van der Waals surface area (Å²) in [6.45, 7) is 1.79. The number of piperidine rings is 1. The van der Waals surface area contributed by atoms with E-state index in [1.807, 2.05) is 0 Å². The maximum Gasteiger partial charge on any atom is 0.307 e. The second-order valence-corrected chi connectivity index (χ2v) is 9.13. The largest absolute Gasteiger partial charge is 0.481 e. The summed E-state index contributed by atoms with van der Waals surface area (Å²) in [6, 6.07) is 18.5. The topological polar surface area (TPSA) is 40.5 Å². The molecule has 3 heteroatoms. The van der Waals surface area contributed by atoms with Gasteiger partial charge in [-0.15, -0.1) is 0 Å². The van der Waals surface area contributed by atoms with Crippen molar-refractivity contribution in [3.63, 3.8) is 0 Å². The number of carboxylic acids is 1. The van der Waals surface area contributed by atoms with E-state index in [1.54, 1.807) is 5.56 Å². The van der Waals surface area contributed by atoms with Gasteiger partial charge in [-0.05, 0) is 73.7 Å². The number of hydrogen-bond donors (Lipinski definition) is 1. The minimum atomic E-state index is -0.619. The molecule has 3 nitrogen and oxygen atoms in total. The fourth-order valence-corrected chi connectivity index (χ4v) is 6.11. The lowest BCUT2D eigenvalue weighted by Crippen LogP contribution is -2.44. The summed E-state index contributed by atoms with van der Waals surface area (Å²) >= 11 is 0. The van der Waals surface area contributed by atoms with Crippen molar-refractivity contribution >= 4 is 5.97 Å². The molecule has 1 saturated carbocycles. The molecule has 0 radical (unpaired) electrons. The predicted molar refractivity (Wildman–Crippen MR) is 111 cm³/mol. The standard InChI is InChI=1S/C25H29NO2/c27-24(28)21-9-5-13-26(17-21)22-11-12-25(16-22)15-20-8-2-1-6-18(20)14-19-7-3-4-10-23(19)25/h1-4,6-8,10,21-22H,5,9,11-17H2,(H,27,28)/t21-,22?,25+/m1/s1. The number of fused-ring (bicyclic) bond motifs is 3. The fraction of sp³-hybridized carbons (Fsp3) is 0.480. The maximum atomic E-state index is 11.5. The first-order valence-corrected chi connectivity index (χ1v) is 10.8. The Hall–Kier alpha value is -2.13. The van der Waals surface area contributed by atoms with Crippen LogP contribution in [0.25, 0.3) is 0 Å². The van der Waals surface area contributed by atoms with Gasteiger partial charge >= 0.3 is 5.97 Å². The lowest BCUT2D eigenvalue weighted by Gasteiger charge is -2.37. The van der Waals surface area contributed by atoms with Crippen molar-refractivity contribution in [3.8, 4) is 0 Å². The molecule has 1 heterocycles. The first-order chi connectivity index (χ1) is 13.6. The Bertz CT molecular complexity index is 892. The van der Waals surface area contributed by atoms with Crippen molar-refractivity contribution in [1.82, 2.24) is 4.90 Å².